The number of carbonyl (C=O) groups is 1. The van der Waals surface area contributed by atoms with E-state index in [0.29, 0.717) is 26.4 Å². The van der Waals surface area contributed by atoms with Crippen molar-refractivity contribution in [1.82, 2.24) is 0 Å². The van der Waals surface area contributed by atoms with E-state index < -0.39 is 21.5 Å². The first-order valence-electron chi connectivity index (χ1n) is 14.9. The second-order valence-electron chi connectivity index (χ2n) is 8.96. The Morgan fingerprint density at radius 2 is 0.783 bits per heavy atom. The third-order valence-electron chi connectivity index (χ3n) is 5.32. The third-order valence-corrected chi connectivity index (χ3v) is 9.24. The largest absolute Gasteiger partial charge is 0.352 e. The Morgan fingerprint density at radius 3 is 0.957 bits per heavy atom. The van der Waals surface area contributed by atoms with E-state index in [2.05, 4.69) is 9.47 Å². The quantitative estimate of drug-likeness (QED) is 0.0470. The van der Waals surface area contributed by atoms with Crippen LogP contribution in [0.1, 0.15) is 48.5 Å². The SMILES string of the molecule is CCOP(=O)(C/C=C/CP(=O)(OCC)OCC)OCC.COC(OC)/C(C)=C/C=C/C=C(\C)C(OC)OC.COC(OC)C(C)=O. The van der Waals surface area contributed by atoms with Gasteiger partial charge in [-0.05, 0) is 59.6 Å². The standard InChI is InChI=1S/C14H24O4.C12H26O6P2.C5H10O3/c1-11(13(15-3)16-4)9-7-8-10-12(2)14(17-5)18-6;1-5-15-19(13,16-6-2)11-9-10-12-20(14,17-7-3)18-8-4;1-4(6)5(7-2)8-3/h7-10,13-14H,1-6H3;9-10H,5-8,11-12H2,1-4H3;5H,1-3H3/b8-7+,11-9+,12-10+;10-9+;. The van der Waals surface area contributed by atoms with Gasteiger partial charge in [0.25, 0.3) is 0 Å². The number of carbonyl (C=O) groups excluding carboxylic acids is 1. The Balaban J connectivity index is -0.000000655. The third kappa shape index (κ3) is 24.8. The highest BCUT2D eigenvalue weighted by molar-refractivity contribution is 7.54. The summed E-state index contributed by atoms with van der Waals surface area (Å²) in [7, 11) is 3.12. The summed E-state index contributed by atoms with van der Waals surface area (Å²) in [4.78, 5) is 10.4. The summed E-state index contributed by atoms with van der Waals surface area (Å²) >= 11 is 0. The van der Waals surface area contributed by atoms with Crippen molar-refractivity contribution in [1.29, 1.82) is 0 Å². The Morgan fingerprint density at radius 1 is 0.522 bits per heavy atom. The van der Waals surface area contributed by atoms with Gasteiger partial charge in [-0.25, -0.2) is 0 Å². The molecule has 0 saturated carbocycles. The highest BCUT2D eigenvalue weighted by Gasteiger charge is 2.23. The first-order valence-corrected chi connectivity index (χ1v) is 18.3. The summed E-state index contributed by atoms with van der Waals surface area (Å²) in [5, 5.41) is 0. The fourth-order valence-electron chi connectivity index (χ4n) is 3.42. The van der Waals surface area contributed by atoms with Crippen molar-refractivity contribution in [3.63, 3.8) is 0 Å². The van der Waals surface area contributed by atoms with Gasteiger partial charge in [0.05, 0.1) is 38.8 Å². The highest BCUT2D eigenvalue weighted by Crippen LogP contribution is 2.49. The zero-order valence-corrected chi connectivity index (χ0v) is 31.9. The van der Waals surface area contributed by atoms with Gasteiger partial charge in [-0.3, -0.25) is 13.9 Å². The molecule has 0 rings (SSSR count). The summed E-state index contributed by atoms with van der Waals surface area (Å²) in [5.74, 6) is -0.116. The number of Topliss-reactive ketones (excluding diaryl/α,β-unsaturated/α-hetero) is 1. The number of hydrogen-bond donors (Lipinski definition) is 0. The Bertz CT molecular complexity index is 883. The minimum atomic E-state index is -3.09. The molecule has 0 aliphatic rings. The molecule has 15 heteroatoms. The van der Waals surface area contributed by atoms with Crippen LogP contribution in [0, 0.1) is 0 Å². The van der Waals surface area contributed by atoms with Crippen molar-refractivity contribution < 1.29 is 60.4 Å². The molecule has 0 atom stereocenters. The predicted octanol–water partition coefficient (Wildman–Crippen LogP) is 6.94. The zero-order valence-electron chi connectivity index (χ0n) is 30.1. The molecular formula is C31H60O13P2. The van der Waals surface area contributed by atoms with E-state index in [1.165, 1.54) is 21.1 Å². The van der Waals surface area contributed by atoms with Gasteiger partial charge in [-0.2, -0.15) is 0 Å². The molecule has 0 amide bonds. The van der Waals surface area contributed by atoms with Crippen LogP contribution in [0.3, 0.4) is 0 Å². The Kier molecular flexibility index (Phi) is 33.1. The molecule has 0 aromatic heterocycles. The first kappa shape index (κ1) is 49.1. The van der Waals surface area contributed by atoms with Crippen molar-refractivity contribution in [3.05, 3.63) is 47.6 Å². The van der Waals surface area contributed by atoms with Crippen LogP contribution in [0.15, 0.2) is 47.6 Å². The molecule has 0 N–H and O–H groups in total. The second kappa shape index (κ2) is 31.0. The minimum Gasteiger partial charge on any atom is -0.352 e. The van der Waals surface area contributed by atoms with Crippen LogP contribution >= 0.6 is 15.2 Å². The lowest BCUT2D eigenvalue weighted by Crippen LogP contribution is -2.21. The van der Waals surface area contributed by atoms with E-state index >= 15 is 0 Å². The molecule has 0 heterocycles. The summed E-state index contributed by atoms with van der Waals surface area (Å²) in [6.45, 7) is 13.6. The van der Waals surface area contributed by atoms with Gasteiger partial charge in [-0.1, -0.05) is 36.5 Å². The maximum absolute atomic E-state index is 12.2. The number of methoxy groups -OCH3 is 6. The Hall–Kier alpha value is -1.31. The molecular weight excluding hydrogens is 642 g/mol. The van der Waals surface area contributed by atoms with Gasteiger partial charge in [-0.15, -0.1) is 0 Å². The molecule has 0 aliphatic carbocycles. The van der Waals surface area contributed by atoms with Crippen LogP contribution in [-0.4, -0.2) is 106 Å². The molecule has 0 saturated heterocycles. The number of ether oxygens (including phenoxy) is 6. The molecule has 0 aromatic rings. The topological polar surface area (TPSA) is 144 Å². The van der Waals surface area contributed by atoms with Gasteiger partial charge in [0.15, 0.2) is 18.4 Å². The lowest BCUT2D eigenvalue weighted by atomic mass is 10.2. The number of rotatable bonds is 23. The van der Waals surface area contributed by atoms with Crippen molar-refractivity contribution in [3.8, 4) is 0 Å². The van der Waals surface area contributed by atoms with Gasteiger partial charge in [0.2, 0.25) is 6.29 Å². The summed E-state index contributed by atoms with van der Waals surface area (Å²) in [6.07, 6.45) is 10.0. The monoisotopic (exact) mass is 702 g/mol. The number of ketones is 1. The summed E-state index contributed by atoms with van der Waals surface area (Å²) < 4.78 is 74.6. The van der Waals surface area contributed by atoms with E-state index in [4.69, 9.17) is 37.0 Å². The number of allylic oxidation sites excluding steroid dienone is 6. The van der Waals surface area contributed by atoms with Crippen LogP contribution in [0.5, 0.6) is 0 Å². The molecule has 0 aliphatic heterocycles. The van der Waals surface area contributed by atoms with Crippen LogP contribution in [0.25, 0.3) is 0 Å². The molecule has 0 bridgehead atoms. The summed E-state index contributed by atoms with van der Waals surface area (Å²) in [5.41, 5.74) is 2.00. The lowest BCUT2D eigenvalue weighted by molar-refractivity contribution is -0.154. The second-order valence-corrected chi connectivity index (χ2v) is 13.2. The van der Waals surface area contributed by atoms with Crippen molar-refractivity contribution in [2.45, 2.75) is 67.3 Å². The Labute approximate surface area is 277 Å². The molecule has 0 unspecified atom stereocenters. The number of hydrogen-bond acceptors (Lipinski definition) is 13. The molecule has 0 aromatic carbocycles. The first-order chi connectivity index (χ1) is 21.8. The van der Waals surface area contributed by atoms with Gasteiger partial charge < -0.3 is 46.5 Å². The average Bonchev–Trinajstić information content (AvgIpc) is 3.00. The molecule has 0 spiro atoms. The predicted molar refractivity (Wildman–Crippen MR) is 181 cm³/mol. The molecule has 46 heavy (non-hydrogen) atoms. The van der Waals surface area contributed by atoms with Crippen LogP contribution < -0.4 is 0 Å². The fourth-order valence-corrected chi connectivity index (χ4v) is 6.37. The molecule has 13 nitrogen and oxygen atoms in total. The van der Waals surface area contributed by atoms with Gasteiger partial charge in [0.1, 0.15) is 0 Å². The summed E-state index contributed by atoms with van der Waals surface area (Å²) in [6, 6.07) is 0. The molecule has 0 radical (unpaired) electrons. The fraction of sp³-hybridized carbons (Fsp3) is 0.710. The average molecular weight is 703 g/mol. The van der Waals surface area contributed by atoms with Crippen LogP contribution in [0.4, 0.5) is 0 Å². The van der Waals surface area contributed by atoms with Crippen molar-refractivity contribution >= 4 is 21.0 Å². The van der Waals surface area contributed by atoms with E-state index in [1.54, 1.807) is 68.3 Å². The normalized spacial score (nSPS) is 13.0. The van der Waals surface area contributed by atoms with E-state index in [-0.39, 0.29) is 30.7 Å². The van der Waals surface area contributed by atoms with Gasteiger partial charge in [0, 0.05) is 42.7 Å². The van der Waals surface area contributed by atoms with Crippen LogP contribution in [0.2, 0.25) is 0 Å². The minimum absolute atomic E-state index is 0.116. The highest BCUT2D eigenvalue weighted by atomic mass is 31.2. The smallest absolute Gasteiger partial charge is 0.334 e. The van der Waals surface area contributed by atoms with Crippen molar-refractivity contribution in [2.24, 2.45) is 0 Å². The van der Waals surface area contributed by atoms with E-state index in [9.17, 15) is 13.9 Å². The maximum atomic E-state index is 12.2. The lowest BCUT2D eigenvalue weighted by Gasteiger charge is -2.16. The maximum Gasteiger partial charge on any atom is 0.334 e. The van der Waals surface area contributed by atoms with E-state index in [0.717, 1.165) is 11.1 Å². The zero-order chi connectivity index (χ0) is 36.0. The van der Waals surface area contributed by atoms with Crippen molar-refractivity contribution in [2.75, 3.05) is 81.4 Å². The molecule has 272 valence electrons. The van der Waals surface area contributed by atoms with Gasteiger partial charge >= 0.3 is 15.2 Å². The molecule has 0 fully saturated rings. The van der Waals surface area contributed by atoms with E-state index in [1.807, 2.05) is 38.2 Å². The van der Waals surface area contributed by atoms with Crippen LogP contribution in [-0.2, 0) is 60.4 Å².